The summed E-state index contributed by atoms with van der Waals surface area (Å²) in [6, 6.07) is 21.1. The summed E-state index contributed by atoms with van der Waals surface area (Å²) in [5, 5.41) is 0. The van der Waals surface area contributed by atoms with Crippen molar-refractivity contribution in [2.24, 2.45) is 0 Å². The summed E-state index contributed by atoms with van der Waals surface area (Å²) in [5.74, 6) is 0.230. The largest absolute Gasteiger partial charge is 0.326 e. The minimum atomic E-state index is -3.20. The standard InChI is InChI=1S/C22H28N2O.H4O5P2.Pa/c1-2-22(25)24(20-11-7-4-8-12-20)21-14-17-23(18-15-21)16-13-19-9-5-3-6-10-19;1-6(2)5-7(3)4;/h3-12,21H,2,13-18H2,1H3;6-7H,(H,1,2)(H,3,4);. The Labute approximate surface area is 221 Å². The minimum absolute atomic E-state index is 0. The second-order valence-corrected chi connectivity index (χ2v) is 9.28. The van der Waals surface area contributed by atoms with Gasteiger partial charge in [-0.15, -0.1) is 0 Å². The summed E-state index contributed by atoms with van der Waals surface area (Å²) in [6.07, 6.45) is 3.76. The molecule has 1 fully saturated rings. The molecule has 1 aliphatic heterocycles. The molecule has 1 amide bonds. The fraction of sp³-hybridized carbons (Fsp3) is 0.409. The first-order chi connectivity index (χ1) is 15.4. The van der Waals surface area contributed by atoms with Gasteiger partial charge >= 0.3 is 16.5 Å². The van der Waals surface area contributed by atoms with E-state index in [1.807, 2.05) is 30.0 Å². The molecular formula is C22H32N2O6P2Pa. The summed E-state index contributed by atoms with van der Waals surface area (Å²) in [4.78, 5) is 32.5. The summed E-state index contributed by atoms with van der Waals surface area (Å²) in [5.41, 5.74) is 2.44. The molecule has 8 nitrogen and oxygen atoms in total. The maximum Gasteiger partial charge on any atom is 0.323 e. The monoisotopic (exact) mass is 713 g/mol. The van der Waals surface area contributed by atoms with Gasteiger partial charge in [0.1, 0.15) is 0 Å². The number of likely N-dealkylation sites (tertiary alicyclic amines) is 1. The minimum Gasteiger partial charge on any atom is -0.326 e. The first kappa shape index (κ1) is 30.3. The molecule has 0 spiro atoms. The first-order valence-corrected chi connectivity index (χ1v) is 13.2. The molecular weight excluding hydrogens is 681 g/mol. The van der Waals surface area contributed by atoms with Crippen molar-refractivity contribution in [3.63, 3.8) is 0 Å². The van der Waals surface area contributed by atoms with Gasteiger partial charge in [-0.25, -0.2) is 4.31 Å². The van der Waals surface area contributed by atoms with Crippen molar-refractivity contribution in [2.45, 2.75) is 38.6 Å². The number of piperidine rings is 1. The maximum absolute atomic E-state index is 12.5. The quantitative estimate of drug-likeness (QED) is 0.400. The smallest absolute Gasteiger partial charge is 0.323 e. The number of para-hydroxylation sites is 1. The molecule has 1 radical (unpaired) electrons. The Balaban J connectivity index is 0.000000595. The molecule has 0 aromatic heterocycles. The average molecular weight is 713 g/mol. The number of hydrogen-bond donors (Lipinski definition) is 2. The Kier molecular flexibility index (Phi) is 15.5. The predicted octanol–water partition coefficient (Wildman–Crippen LogP) is 3.90. The van der Waals surface area contributed by atoms with E-state index >= 15 is 0 Å². The van der Waals surface area contributed by atoms with Gasteiger partial charge in [-0.05, 0) is 37.0 Å². The van der Waals surface area contributed by atoms with Gasteiger partial charge < -0.3 is 19.6 Å². The van der Waals surface area contributed by atoms with Crippen molar-refractivity contribution in [3.05, 3.63) is 66.2 Å². The summed E-state index contributed by atoms with van der Waals surface area (Å²) >= 11 is 0. The van der Waals surface area contributed by atoms with Crippen molar-refractivity contribution in [3.8, 4) is 0 Å². The molecule has 2 unspecified atom stereocenters. The van der Waals surface area contributed by atoms with Gasteiger partial charge in [0.15, 0.2) is 0 Å². The molecule has 2 aromatic carbocycles. The number of carbonyl (C=O) groups is 1. The molecule has 11 heteroatoms. The van der Waals surface area contributed by atoms with Crippen LogP contribution in [0, 0.1) is 32.3 Å². The molecule has 179 valence electrons. The summed E-state index contributed by atoms with van der Waals surface area (Å²) < 4.78 is 22.3. The molecule has 1 aliphatic rings. The van der Waals surface area contributed by atoms with Crippen LogP contribution in [0.5, 0.6) is 0 Å². The van der Waals surface area contributed by atoms with Crippen LogP contribution in [-0.4, -0.2) is 46.3 Å². The second-order valence-electron chi connectivity index (χ2n) is 7.40. The first-order valence-electron chi connectivity index (χ1n) is 10.7. The van der Waals surface area contributed by atoms with E-state index in [-0.39, 0.29) is 38.2 Å². The van der Waals surface area contributed by atoms with E-state index in [1.165, 1.54) is 5.56 Å². The number of carbonyl (C=O) groups excluding carboxylic acids is 1. The van der Waals surface area contributed by atoms with Gasteiger partial charge in [-0.3, -0.25) is 13.9 Å². The maximum atomic E-state index is 12.5. The molecule has 1 saturated heterocycles. The Bertz CT molecular complexity index is 856. The van der Waals surface area contributed by atoms with E-state index in [0.717, 1.165) is 44.6 Å². The Morgan fingerprint density at radius 1 is 1.00 bits per heavy atom. The van der Waals surface area contributed by atoms with E-state index in [4.69, 9.17) is 9.79 Å². The zero-order valence-corrected chi connectivity index (χ0v) is 25.6. The second kappa shape index (κ2) is 16.8. The molecule has 2 N–H and O–H groups in total. The van der Waals surface area contributed by atoms with Crippen LogP contribution >= 0.6 is 16.5 Å². The number of nitrogens with zero attached hydrogens (tertiary/aromatic N) is 2. The van der Waals surface area contributed by atoms with Crippen LogP contribution in [0.4, 0.5) is 5.69 Å². The van der Waals surface area contributed by atoms with Gasteiger partial charge in [-0.1, -0.05) is 55.5 Å². The number of benzene rings is 2. The van der Waals surface area contributed by atoms with Crippen molar-refractivity contribution in [1.29, 1.82) is 0 Å². The fourth-order valence-electron chi connectivity index (χ4n) is 3.73. The van der Waals surface area contributed by atoms with Gasteiger partial charge in [0, 0.05) is 70.1 Å². The SMILES string of the molecule is CCC(=O)N(c1ccccc1)C1CCN(CCc2ccccc2)CC1.O=[PH](O)O[PH](=O)O.[Pa]. The van der Waals surface area contributed by atoms with E-state index in [1.54, 1.807) is 0 Å². The summed E-state index contributed by atoms with van der Waals surface area (Å²) in [7, 11) is -6.40. The molecule has 33 heavy (non-hydrogen) atoms. The van der Waals surface area contributed by atoms with Crippen LogP contribution in [0.2, 0.25) is 0 Å². The molecule has 0 bridgehead atoms. The van der Waals surface area contributed by atoms with Gasteiger partial charge in [0.25, 0.3) is 0 Å². The topological polar surface area (TPSA) is 107 Å². The molecule has 2 aromatic rings. The van der Waals surface area contributed by atoms with Crippen LogP contribution in [0.3, 0.4) is 0 Å². The molecule has 2 atom stereocenters. The average Bonchev–Trinajstić information content (AvgIpc) is 2.79. The third-order valence-electron chi connectivity index (χ3n) is 5.26. The van der Waals surface area contributed by atoms with Crippen molar-refractivity contribution < 1.29 is 60.3 Å². The molecule has 0 aliphatic carbocycles. The third-order valence-corrected chi connectivity index (χ3v) is 6.66. The van der Waals surface area contributed by atoms with Crippen LogP contribution in [0.25, 0.3) is 0 Å². The molecule has 3 rings (SSSR count). The third kappa shape index (κ3) is 11.5. The zero-order valence-electron chi connectivity index (χ0n) is 18.8. The Hall–Kier alpha value is -0.699. The predicted molar refractivity (Wildman–Crippen MR) is 127 cm³/mol. The van der Waals surface area contributed by atoms with E-state index in [0.29, 0.717) is 12.5 Å². The van der Waals surface area contributed by atoms with Crippen LogP contribution in [0.15, 0.2) is 60.7 Å². The fourth-order valence-corrected chi connectivity index (χ4v) is 4.32. The zero-order chi connectivity index (χ0) is 23.3. The number of anilines is 1. The van der Waals surface area contributed by atoms with Crippen LogP contribution < -0.4 is 4.90 Å². The Morgan fingerprint density at radius 3 is 1.97 bits per heavy atom. The van der Waals surface area contributed by atoms with Crippen molar-refractivity contribution in [1.82, 2.24) is 4.90 Å². The van der Waals surface area contributed by atoms with E-state index in [9.17, 15) is 13.9 Å². The van der Waals surface area contributed by atoms with E-state index < -0.39 is 16.5 Å². The molecule has 0 saturated carbocycles. The van der Waals surface area contributed by atoms with Crippen LogP contribution in [-0.2, 0) is 24.7 Å². The normalized spacial score (nSPS) is 16.0. The van der Waals surface area contributed by atoms with Gasteiger partial charge in [0.05, 0.1) is 0 Å². The Morgan fingerprint density at radius 2 is 1.52 bits per heavy atom. The number of rotatable bonds is 8. The van der Waals surface area contributed by atoms with Gasteiger partial charge in [0.2, 0.25) is 5.91 Å². The molecule has 1 heterocycles. The van der Waals surface area contributed by atoms with Gasteiger partial charge in [-0.2, -0.15) is 0 Å². The number of amides is 1. The number of hydrogen-bond acceptors (Lipinski definition) is 5. The van der Waals surface area contributed by atoms with Crippen molar-refractivity contribution in [2.75, 3.05) is 24.5 Å². The summed E-state index contributed by atoms with van der Waals surface area (Å²) in [6.45, 7) is 5.19. The van der Waals surface area contributed by atoms with Crippen LogP contribution in [0.1, 0.15) is 31.7 Å². The van der Waals surface area contributed by atoms with E-state index in [2.05, 4.69) is 51.7 Å². The van der Waals surface area contributed by atoms with Crippen molar-refractivity contribution >= 4 is 28.1 Å².